The van der Waals surface area contributed by atoms with Gasteiger partial charge in [-0.25, -0.2) is 0 Å². The zero-order chi connectivity index (χ0) is 24.0. The lowest BCUT2D eigenvalue weighted by atomic mass is 9.91. The highest BCUT2D eigenvalue weighted by atomic mass is 35.5. The van der Waals surface area contributed by atoms with Gasteiger partial charge in [0.2, 0.25) is 0 Å². The maximum Gasteiger partial charge on any atom is 0.276 e. The van der Waals surface area contributed by atoms with Gasteiger partial charge in [-0.2, -0.15) is 0 Å². The van der Waals surface area contributed by atoms with Gasteiger partial charge in [-0.1, -0.05) is 57.5 Å². The summed E-state index contributed by atoms with van der Waals surface area (Å²) in [6.45, 7) is 14.6. The predicted molar refractivity (Wildman–Crippen MR) is 130 cm³/mol. The van der Waals surface area contributed by atoms with E-state index in [0.29, 0.717) is 35.2 Å². The lowest BCUT2D eigenvalue weighted by molar-refractivity contribution is -0.120. The summed E-state index contributed by atoms with van der Waals surface area (Å²) >= 11 is 5.97. The van der Waals surface area contributed by atoms with Crippen molar-refractivity contribution in [1.82, 2.24) is 10.1 Å². The van der Waals surface area contributed by atoms with E-state index in [1.54, 1.807) is 36.1 Å². The van der Waals surface area contributed by atoms with Gasteiger partial charge < -0.3 is 9.42 Å². The van der Waals surface area contributed by atoms with Gasteiger partial charge in [0.25, 0.3) is 5.91 Å². The van der Waals surface area contributed by atoms with Crippen LogP contribution in [-0.4, -0.2) is 34.3 Å². The number of halogens is 1. The van der Waals surface area contributed by atoms with E-state index in [1.807, 2.05) is 19.1 Å². The summed E-state index contributed by atoms with van der Waals surface area (Å²) < 4.78 is 5.47. The minimum atomic E-state index is -0.546. The Morgan fingerprint density at radius 3 is 2.28 bits per heavy atom. The number of carbonyl (C=O) groups is 2. The highest BCUT2D eigenvalue weighted by Gasteiger charge is 2.34. The predicted octanol–water partition coefficient (Wildman–Crippen LogP) is 6.68. The zero-order valence-corrected chi connectivity index (χ0v) is 20.9. The van der Waals surface area contributed by atoms with Gasteiger partial charge in [-0.15, -0.1) is 0 Å². The smallest absolute Gasteiger partial charge is 0.276 e. The molecule has 0 saturated heterocycles. The van der Waals surface area contributed by atoms with Gasteiger partial charge in [-0.05, 0) is 67.9 Å². The summed E-state index contributed by atoms with van der Waals surface area (Å²) in [5.41, 5.74) is 1.64. The van der Waals surface area contributed by atoms with Gasteiger partial charge in [0.1, 0.15) is 0 Å². The van der Waals surface area contributed by atoms with Crippen molar-refractivity contribution in [3.63, 3.8) is 0 Å². The molecule has 0 radical (unpaired) electrons. The van der Waals surface area contributed by atoms with Crippen molar-refractivity contribution >= 4 is 23.3 Å². The van der Waals surface area contributed by atoms with Crippen molar-refractivity contribution < 1.29 is 14.1 Å². The highest BCUT2D eigenvalue weighted by Crippen LogP contribution is 2.26. The standard InChI is InChI=1S/C26H35ClN2O3/c1-8-18(6)25(30)23(13-16(2)3)29(15-19(7)17(4)5)26(31)22-14-24(32-28-22)20-9-11-21(27)12-10-20/h8-12,14,16-17,19,23H,13,15H2,1-7H3/b18-8-. The molecule has 0 N–H and O–H groups in total. The van der Waals surface area contributed by atoms with Crippen LogP contribution in [0.25, 0.3) is 11.3 Å². The van der Waals surface area contributed by atoms with Crippen LogP contribution < -0.4 is 0 Å². The third-order valence-corrected chi connectivity index (χ3v) is 6.19. The number of benzene rings is 1. The molecular weight excluding hydrogens is 424 g/mol. The molecule has 0 bridgehead atoms. The lowest BCUT2D eigenvalue weighted by Gasteiger charge is -2.34. The van der Waals surface area contributed by atoms with E-state index < -0.39 is 6.04 Å². The van der Waals surface area contributed by atoms with E-state index in [2.05, 4.69) is 39.8 Å². The van der Waals surface area contributed by atoms with Crippen molar-refractivity contribution in [3.8, 4) is 11.3 Å². The molecule has 0 fully saturated rings. The molecule has 0 aliphatic carbocycles. The molecule has 1 aromatic heterocycles. The number of hydrogen-bond acceptors (Lipinski definition) is 4. The van der Waals surface area contributed by atoms with Gasteiger partial charge in [-0.3, -0.25) is 9.59 Å². The molecule has 2 aromatic rings. The minimum Gasteiger partial charge on any atom is -0.355 e. The van der Waals surface area contributed by atoms with Crippen molar-refractivity contribution in [2.75, 3.05) is 6.54 Å². The van der Waals surface area contributed by atoms with Crippen molar-refractivity contribution in [1.29, 1.82) is 0 Å². The number of rotatable bonds is 10. The summed E-state index contributed by atoms with van der Waals surface area (Å²) in [6.07, 6.45) is 2.39. The third kappa shape index (κ3) is 6.55. The first-order valence-corrected chi connectivity index (χ1v) is 11.6. The van der Waals surface area contributed by atoms with Gasteiger partial charge >= 0.3 is 0 Å². The fraction of sp³-hybridized carbons (Fsp3) is 0.500. The first-order valence-electron chi connectivity index (χ1n) is 11.3. The van der Waals surface area contributed by atoms with Crippen LogP contribution in [0.5, 0.6) is 0 Å². The quantitative estimate of drug-likeness (QED) is 0.372. The maximum absolute atomic E-state index is 13.7. The Morgan fingerprint density at radius 2 is 1.75 bits per heavy atom. The van der Waals surface area contributed by atoms with Gasteiger partial charge in [0.15, 0.2) is 17.2 Å². The average molecular weight is 459 g/mol. The zero-order valence-electron chi connectivity index (χ0n) is 20.2. The van der Waals surface area contributed by atoms with Gasteiger partial charge in [0.05, 0.1) is 6.04 Å². The summed E-state index contributed by atoms with van der Waals surface area (Å²) in [4.78, 5) is 28.6. The van der Waals surface area contributed by atoms with Gasteiger partial charge in [0, 0.05) is 23.2 Å². The first kappa shape index (κ1) is 25.9. The molecule has 0 saturated carbocycles. The average Bonchev–Trinajstić information content (AvgIpc) is 3.24. The lowest BCUT2D eigenvalue weighted by Crippen LogP contribution is -2.48. The van der Waals surface area contributed by atoms with Crippen LogP contribution in [-0.2, 0) is 4.79 Å². The van der Waals surface area contributed by atoms with Crippen LogP contribution in [0.4, 0.5) is 0 Å². The van der Waals surface area contributed by atoms with E-state index in [4.69, 9.17) is 16.1 Å². The van der Waals surface area contributed by atoms with Crippen molar-refractivity contribution in [2.45, 2.75) is 60.9 Å². The molecular formula is C26H35ClN2O3. The Balaban J connectivity index is 2.45. The molecule has 0 spiro atoms. The topological polar surface area (TPSA) is 63.4 Å². The first-order chi connectivity index (χ1) is 15.0. The molecule has 32 heavy (non-hydrogen) atoms. The Kier molecular flexibility index (Phi) is 9.26. The molecule has 1 amide bonds. The third-order valence-electron chi connectivity index (χ3n) is 5.94. The van der Waals surface area contributed by atoms with E-state index >= 15 is 0 Å². The van der Waals surface area contributed by atoms with Crippen LogP contribution in [0, 0.1) is 17.8 Å². The van der Waals surface area contributed by atoms with Crippen LogP contribution >= 0.6 is 11.6 Å². The second-order valence-corrected chi connectivity index (χ2v) is 9.68. The summed E-state index contributed by atoms with van der Waals surface area (Å²) in [5, 5.41) is 4.67. The van der Waals surface area contributed by atoms with Crippen molar-refractivity contribution in [3.05, 3.63) is 52.7 Å². The Bertz CT molecular complexity index is 944. The van der Waals surface area contributed by atoms with Crippen LogP contribution in [0.15, 0.2) is 46.5 Å². The minimum absolute atomic E-state index is 0.0214. The van der Waals surface area contributed by atoms with Crippen LogP contribution in [0.1, 0.15) is 65.4 Å². The molecule has 2 atom stereocenters. The summed E-state index contributed by atoms with van der Waals surface area (Å²) in [6, 6.07) is 8.24. The molecule has 2 unspecified atom stereocenters. The van der Waals surface area contributed by atoms with Crippen molar-refractivity contribution in [2.24, 2.45) is 17.8 Å². The molecule has 5 nitrogen and oxygen atoms in total. The molecule has 2 rings (SSSR count). The number of allylic oxidation sites excluding steroid dienone is 1. The maximum atomic E-state index is 13.7. The number of hydrogen-bond donors (Lipinski definition) is 0. The fourth-order valence-corrected chi connectivity index (χ4v) is 3.50. The largest absolute Gasteiger partial charge is 0.355 e. The Morgan fingerprint density at radius 1 is 1.12 bits per heavy atom. The molecule has 0 aliphatic heterocycles. The van der Waals surface area contributed by atoms with E-state index in [1.165, 1.54) is 0 Å². The molecule has 1 aromatic carbocycles. The second-order valence-electron chi connectivity index (χ2n) is 9.24. The molecule has 174 valence electrons. The molecule has 0 aliphatic rings. The second kappa shape index (κ2) is 11.5. The van der Waals surface area contributed by atoms with Crippen LogP contribution in [0.3, 0.4) is 0 Å². The SMILES string of the molecule is C/C=C(/C)C(=O)C(CC(C)C)N(CC(C)C(C)C)C(=O)c1cc(-c2ccc(Cl)cc2)on1. The normalized spacial score (nSPS) is 14.0. The number of Topliss-reactive ketones (excluding diaryl/α,β-unsaturated/α-hetero) is 1. The van der Waals surface area contributed by atoms with E-state index in [-0.39, 0.29) is 29.2 Å². The number of aromatic nitrogens is 1. The number of ketones is 1. The molecule has 1 heterocycles. The Labute approximate surface area is 196 Å². The van der Waals surface area contributed by atoms with E-state index in [9.17, 15) is 9.59 Å². The monoisotopic (exact) mass is 458 g/mol. The summed E-state index contributed by atoms with van der Waals surface area (Å²) in [7, 11) is 0. The Hall–Kier alpha value is -2.40. The number of amides is 1. The molecule has 6 heteroatoms. The van der Waals surface area contributed by atoms with Crippen LogP contribution in [0.2, 0.25) is 5.02 Å². The highest BCUT2D eigenvalue weighted by molar-refractivity contribution is 6.30. The number of carbonyl (C=O) groups excluding carboxylic acids is 2. The number of nitrogens with zero attached hydrogens (tertiary/aromatic N) is 2. The fourth-order valence-electron chi connectivity index (χ4n) is 3.37. The summed E-state index contributed by atoms with van der Waals surface area (Å²) in [5.74, 6) is 1.01. The van der Waals surface area contributed by atoms with E-state index in [0.717, 1.165) is 5.56 Å².